The fraction of sp³-hybridized carbons (Fsp3) is 0.667. The number of fused-ring (bicyclic) bond motifs is 1. The van der Waals surface area contributed by atoms with Gasteiger partial charge in [-0.1, -0.05) is 6.58 Å². The zero-order valence-corrected chi connectivity index (χ0v) is 12.0. The Kier molecular flexibility index (Phi) is 3.47. The van der Waals surface area contributed by atoms with E-state index in [1.807, 2.05) is 0 Å². The van der Waals surface area contributed by atoms with Crippen LogP contribution in [0.1, 0.15) is 26.2 Å². The van der Waals surface area contributed by atoms with Crippen LogP contribution in [-0.2, 0) is 23.9 Å². The van der Waals surface area contributed by atoms with Crippen LogP contribution in [0, 0.1) is 17.8 Å². The van der Waals surface area contributed by atoms with Gasteiger partial charge in [0.25, 0.3) is 0 Å². The Morgan fingerprint density at radius 1 is 1.43 bits per heavy atom. The second-order valence-electron chi connectivity index (χ2n) is 6.14. The normalized spacial score (nSPS) is 35.5. The zero-order chi connectivity index (χ0) is 15.1. The summed E-state index contributed by atoms with van der Waals surface area (Å²) in [6, 6.07) is 0. The van der Waals surface area contributed by atoms with Crippen molar-refractivity contribution in [1.29, 1.82) is 0 Å². The minimum atomic E-state index is -0.367. The molecule has 2 aliphatic carbocycles. The van der Waals surface area contributed by atoms with Gasteiger partial charge in [-0.2, -0.15) is 0 Å². The Morgan fingerprint density at radius 3 is 2.90 bits per heavy atom. The lowest BCUT2D eigenvalue weighted by atomic mass is 9.88. The summed E-state index contributed by atoms with van der Waals surface area (Å²) in [6.45, 7) is 5.34. The molecule has 1 saturated heterocycles. The van der Waals surface area contributed by atoms with Crippen molar-refractivity contribution in [2.45, 2.75) is 38.4 Å². The molecule has 5 unspecified atom stereocenters. The van der Waals surface area contributed by atoms with Crippen molar-refractivity contribution in [1.82, 2.24) is 5.32 Å². The van der Waals surface area contributed by atoms with Gasteiger partial charge in [-0.05, 0) is 19.8 Å². The Morgan fingerprint density at radius 2 is 2.19 bits per heavy atom. The molecule has 1 heterocycles. The average molecular weight is 293 g/mol. The van der Waals surface area contributed by atoms with Crippen molar-refractivity contribution in [3.63, 3.8) is 0 Å². The predicted molar refractivity (Wildman–Crippen MR) is 71.9 cm³/mol. The highest BCUT2D eigenvalue weighted by Gasteiger charge is 2.63. The van der Waals surface area contributed by atoms with E-state index in [-0.39, 0.29) is 60.8 Å². The van der Waals surface area contributed by atoms with E-state index in [0.717, 1.165) is 12.8 Å². The van der Waals surface area contributed by atoms with Crippen LogP contribution in [0.5, 0.6) is 0 Å². The average Bonchev–Trinajstić information content (AvgIpc) is 3.03. The molecule has 0 radical (unpaired) electrons. The molecule has 21 heavy (non-hydrogen) atoms. The molecule has 2 saturated carbocycles. The molecule has 0 aromatic carbocycles. The third-order valence-electron chi connectivity index (χ3n) is 4.68. The van der Waals surface area contributed by atoms with Crippen molar-refractivity contribution in [3.8, 4) is 0 Å². The summed E-state index contributed by atoms with van der Waals surface area (Å²) in [4.78, 5) is 34.8. The van der Waals surface area contributed by atoms with Crippen molar-refractivity contribution < 1.29 is 23.9 Å². The third-order valence-corrected chi connectivity index (χ3v) is 4.68. The van der Waals surface area contributed by atoms with Gasteiger partial charge >= 0.3 is 11.9 Å². The molecule has 3 fully saturated rings. The molecular formula is C15H19NO5. The fourth-order valence-electron chi connectivity index (χ4n) is 3.70. The van der Waals surface area contributed by atoms with Crippen LogP contribution in [-0.4, -0.2) is 36.6 Å². The first kappa shape index (κ1) is 14.1. The molecule has 6 heteroatoms. The molecule has 0 aromatic rings. The topological polar surface area (TPSA) is 81.7 Å². The molecule has 5 atom stereocenters. The summed E-state index contributed by atoms with van der Waals surface area (Å²) in [5.41, 5.74) is 0.403. The molecule has 3 aliphatic rings. The molecule has 2 bridgehead atoms. The smallest absolute Gasteiger partial charge is 0.309 e. The largest absolute Gasteiger partial charge is 0.458 e. The van der Waals surface area contributed by atoms with Gasteiger partial charge in [0.2, 0.25) is 5.91 Å². The van der Waals surface area contributed by atoms with Crippen LogP contribution in [0.3, 0.4) is 0 Å². The lowest BCUT2D eigenvalue weighted by molar-refractivity contribution is -0.161. The Hall–Kier alpha value is -1.85. The molecule has 1 N–H and O–H groups in total. The van der Waals surface area contributed by atoms with E-state index in [0.29, 0.717) is 5.57 Å². The monoisotopic (exact) mass is 293 g/mol. The number of hydrogen-bond acceptors (Lipinski definition) is 5. The second kappa shape index (κ2) is 5.16. The first-order chi connectivity index (χ1) is 9.97. The third kappa shape index (κ3) is 2.43. The predicted octanol–water partition coefficient (Wildman–Crippen LogP) is 0.562. The van der Waals surface area contributed by atoms with Gasteiger partial charge < -0.3 is 14.8 Å². The summed E-state index contributed by atoms with van der Waals surface area (Å²) in [7, 11) is 0. The summed E-state index contributed by atoms with van der Waals surface area (Å²) in [5.74, 6) is -0.289. The Labute approximate surface area is 122 Å². The van der Waals surface area contributed by atoms with Gasteiger partial charge in [-0.3, -0.25) is 14.4 Å². The highest BCUT2D eigenvalue weighted by Crippen LogP contribution is 2.55. The van der Waals surface area contributed by atoms with Crippen LogP contribution in [0.25, 0.3) is 0 Å². The maximum atomic E-state index is 11.8. The first-order valence-electron chi connectivity index (χ1n) is 7.31. The number of carbonyl (C=O) groups excluding carboxylic acids is 3. The molecule has 6 nitrogen and oxygen atoms in total. The summed E-state index contributed by atoms with van der Waals surface area (Å²) < 4.78 is 10.8. The van der Waals surface area contributed by atoms with Crippen molar-refractivity contribution in [2.24, 2.45) is 17.8 Å². The van der Waals surface area contributed by atoms with E-state index in [9.17, 15) is 14.4 Å². The van der Waals surface area contributed by atoms with E-state index >= 15 is 0 Å². The Balaban J connectivity index is 1.47. The van der Waals surface area contributed by atoms with Gasteiger partial charge in [0.1, 0.15) is 12.2 Å². The summed E-state index contributed by atoms with van der Waals surface area (Å²) in [6.07, 6.45) is 1.23. The standard InChI is InChI=1S/C15H19NO5/c1-7(2)14(18)16-4-3-11(17)20-12-8-5-9-10(6-8)15(19)21-13(9)12/h8-10,12-13H,1,3-6H2,2H3,(H,16,18). The number of hydrogen-bond donors (Lipinski definition) is 1. The lowest BCUT2D eigenvalue weighted by Crippen LogP contribution is -2.36. The van der Waals surface area contributed by atoms with E-state index in [2.05, 4.69) is 11.9 Å². The summed E-state index contributed by atoms with van der Waals surface area (Å²) >= 11 is 0. The van der Waals surface area contributed by atoms with Crippen LogP contribution in [0.15, 0.2) is 12.2 Å². The number of amides is 1. The van der Waals surface area contributed by atoms with E-state index in [1.165, 1.54) is 0 Å². The van der Waals surface area contributed by atoms with E-state index in [1.54, 1.807) is 6.92 Å². The zero-order valence-electron chi connectivity index (χ0n) is 12.0. The van der Waals surface area contributed by atoms with Crippen LogP contribution >= 0.6 is 0 Å². The van der Waals surface area contributed by atoms with Gasteiger partial charge in [-0.25, -0.2) is 0 Å². The molecule has 1 amide bonds. The number of ether oxygens (including phenoxy) is 2. The number of rotatable bonds is 5. The van der Waals surface area contributed by atoms with Gasteiger partial charge in [-0.15, -0.1) is 0 Å². The molecular weight excluding hydrogens is 274 g/mol. The first-order valence-corrected chi connectivity index (χ1v) is 7.31. The number of esters is 2. The van der Waals surface area contributed by atoms with Crippen LogP contribution < -0.4 is 5.32 Å². The van der Waals surface area contributed by atoms with E-state index < -0.39 is 0 Å². The highest BCUT2D eigenvalue weighted by atomic mass is 16.6. The van der Waals surface area contributed by atoms with Crippen LogP contribution in [0.2, 0.25) is 0 Å². The molecule has 1 aliphatic heterocycles. The Bertz CT molecular complexity index is 514. The minimum Gasteiger partial charge on any atom is -0.458 e. The molecule has 114 valence electrons. The maximum Gasteiger partial charge on any atom is 0.309 e. The number of nitrogens with one attached hydrogen (secondary N) is 1. The van der Waals surface area contributed by atoms with Gasteiger partial charge in [0.05, 0.1) is 12.3 Å². The van der Waals surface area contributed by atoms with Gasteiger partial charge in [0, 0.05) is 24.0 Å². The molecule has 0 spiro atoms. The molecule has 3 rings (SSSR count). The minimum absolute atomic E-state index is 0.0183. The maximum absolute atomic E-state index is 11.8. The van der Waals surface area contributed by atoms with Gasteiger partial charge in [0.15, 0.2) is 0 Å². The molecule has 0 aromatic heterocycles. The van der Waals surface area contributed by atoms with E-state index in [4.69, 9.17) is 9.47 Å². The quantitative estimate of drug-likeness (QED) is 0.592. The second-order valence-corrected chi connectivity index (χ2v) is 6.14. The fourth-order valence-corrected chi connectivity index (χ4v) is 3.70. The number of carbonyl (C=O) groups is 3. The van der Waals surface area contributed by atoms with Crippen molar-refractivity contribution in [3.05, 3.63) is 12.2 Å². The van der Waals surface area contributed by atoms with Crippen molar-refractivity contribution >= 4 is 17.8 Å². The van der Waals surface area contributed by atoms with Crippen LogP contribution in [0.4, 0.5) is 0 Å². The van der Waals surface area contributed by atoms with Crippen molar-refractivity contribution in [2.75, 3.05) is 6.54 Å². The SMILES string of the molecule is C=C(C)C(=O)NCCC(=O)OC1C2CC3C(=O)OC1C3C2. The lowest BCUT2D eigenvalue weighted by Gasteiger charge is -2.25. The highest BCUT2D eigenvalue weighted by molar-refractivity contribution is 5.92. The summed E-state index contributed by atoms with van der Waals surface area (Å²) in [5, 5.41) is 2.59.